The zero-order chi connectivity index (χ0) is 15.2. The van der Waals surface area contributed by atoms with E-state index in [-0.39, 0.29) is 18.8 Å². The Balaban J connectivity index is 3.07. The van der Waals surface area contributed by atoms with Crippen LogP contribution in [0, 0.1) is 11.8 Å². The predicted molar refractivity (Wildman–Crippen MR) is 79.6 cm³/mol. The van der Waals surface area contributed by atoms with Crippen molar-refractivity contribution in [1.29, 1.82) is 0 Å². The lowest BCUT2D eigenvalue weighted by atomic mass is 10.0. The third kappa shape index (κ3) is 4.24. The predicted octanol–water partition coefficient (Wildman–Crippen LogP) is 1.24. The van der Waals surface area contributed by atoms with Crippen molar-refractivity contribution in [3.05, 3.63) is 29.3 Å². The molecule has 0 heterocycles. The summed E-state index contributed by atoms with van der Waals surface area (Å²) in [4.78, 5) is 2.06. The molecule has 0 unspecified atom stereocenters. The molecule has 0 amide bonds. The fraction of sp³-hybridized carbons (Fsp3) is 0.500. The van der Waals surface area contributed by atoms with Crippen LogP contribution in [0.15, 0.2) is 18.2 Å². The molecule has 0 radical (unpaired) electrons. The molecule has 1 aromatic rings. The van der Waals surface area contributed by atoms with Crippen LogP contribution in [0.3, 0.4) is 0 Å². The van der Waals surface area contributed by atoms with Gasteiger partial charge in [-0.2, -0.15) is 0 Å². The minimum absolute atomic E-state index is 0.0745. The molecule has 0 bridgehead atoms. The van der Waals surface area contributed by atoms with E-state index in [9.17, 15) is 5.11 Å². The van der Waals surface area contributed by atoms with Crippen LogP contribution in [0.1, 0.15) is 25.0 Å². The number of benzene rings is 1. The van der Waals surface area contributed by atoms with Crippen molar-refractivity contribution in [3.63, 3.8) is 0 Å². The Morgan fingerprint density at radius 3 is 2.55 bits per heavy atom. The lowest BCUT2D eigenvalue weighted by molar-refractivity contribution is 0.0733. The number of aliphatic hydroxyl groups is 2. The van der Waals surface area contributed by atoms with Gasteiger partial charge in [0.2, 0.25) is 0 Å². The summed E-state index contributed by atoms with van der Waals surface area (Å²) in [6, 6.07) is 5.67. The third-order valence-electron chi connectivity index (χ3n) is 3.44. The highest BCUT2D eigenvalue weighted by molar-refractivity contribution is 5.45. The Bertz CT molecular complexity index is 500. The maximum absolute atomic E-state index is 9.43. The summed E-state index contributed by atoms with van der Waals surface area (Å²) in [7, 11) is 3.58. The minimum atomic E-state index is -0.315. The van der Waals surface area contributed by atoms with E-state index in [1.54, 1.807) is 7.11 Å². The average molecular weight is 277 g/mol. The first kappa shape index (κ1) is 16.5. The van der Waals surface area contributed by atoms with Crippen molar-refractivity contribution in [2.75, 3.05) is 27.4 Å². The van der Waals surface area contributed by atoms with Gasteiger partial charge in [0.05, 0.1) is 13.7 Å². The molecule has 1 rings (SSSR count). The largest absolute Gasteiger partial charge is 0.497 e. The minimum Gasteiger partial charge on any atom is -0.497 e. The van der Waals surface area contributed by atoms with E-state index in [2.05, 4.69) is 16.7 Å². The normalized spacial score (nSPS) is 11.2. The summed E-state index contributed by atoms with van der Waals surface area (Å²) < 4.78 is 5.24. The van der Waals surface area contributed by atoms with E-state index in [1.165, 1.54) is 0 Å². The molecule has 4 heteroatoms. The number of aliphatic hydroxyl groups excluding tert-OH is 2. The topological polar surface area (TPSA) is 52.9 Å². The summed E-state index contributed by atoms with van der Waals surface area (Å²) >= 11 is 0. The van der Waals surface area contributed by atoms with Crippen LogP contribution in [-0.2, 0) is 6.54 Å². The summed E-state index contributed by atoms with van der Waals surface area (Å²) in [6.07, 6.45) is 0. The number of ether oxygens (including phenoxy) is 1. The number of methoxy groups -OCH3 is 1. The summed E-state index contributed by atoms with van der Waals surface area (Å²) in [5.41, 5.74) is 1.56. The molecular formula is C16H23NO3. The fourth-order valence-corrected chi connectivity index (χ4v) is 1.67. The van der Waals surface area contributed by atoms with Gasteiger partial charge in [-0.25, -0.2) is 0 Å². The van der Waals surface area contributed by atoms with Crippen molar-refractivity contribution in [1.82, 2.24) is 4.90 Å². The fourth-order valence-electron chi connectivity index (χ4n) is 1.67. The lowest BCUT2D eigenvalue weighted by Gasteiger charge is -2.34. The van der Waals surface area contributed by atoms with Gasteiger partial charge in [-0.05, 0) is 44.7 Å². The molecule has 1 aromatic carbocycles. The van der Waals surface area contributed by atoms with Crippen LogP contribution in [0.5, 0.6) is 5.75 Å². The molecule has 0 atom stereocenters. The standard InChI is InChI=1S/C16H23NO3/c1-16(2,12-19)17(3)11-14-10-15(20-4)8-7-13(14)6-5-9-18/h7-8,10,18-19H,9,11-12H2,1-4H3. The first-order valence-electron chi connectivity index (χ1n) is 6.53. The second kappa shape index (κ2) is 7.30. The highest BCUT2D eigenvalue weighted by Gasteiger charge is 2.23. The SMILES string of the molecule is COc1ccc(C#CCO)c(CN(C)C(C)(C)CO)c1. The maximum atomic E-state index is 9.43. The second-order valence-electron chi connectivity index (χ2n) is 5.31. The Morgan fingerprint density at radius 1 is 1.30 bits per heavy atom. The first-order valence-corrected chi connectivity index (χ1v) is 6.53. The van der Waals surface area contributed by atoms with Gasteiger partial charge < -0.3 is 14.9 Å². The molecule has 0 saturated carbocycles. The number of hydrogen-bond donors (Lipinski definition) is 2. The van der Waals surface area contributed by atoms with E-state index in [0.717, 1.165) is 16.9 Å². The lowest BCUT2D eigenvalue weighted by Crippen LogP contribution is -2.43. The maximum Gasteiger partial charge on any atom is 0.119 e. The molecular weight excluding hydrogens is 254 g/mol. The Kier molecular flexibility index (Phi) is 6.03. The quantitative estimate of drug-likeness (QED) is 0.795. The smallest absolute Gasteiger partial charge is 0.119 e. The molecule has 2 N–H and O–H groups in total. The van der Waals surface area contributed by atoms with Crippen LogP contribution in [0.2, 0.25) is 0 Å². The summed E-state index contributed by atoms with van der Waals surface area (Å²) in [6.45, 7) is 4.51. The first-order chi connectivity index (χ1) is 9.44. The van der Waals surface area contributed by atoms with Gasteiger partial charge in [0.1, 0.15) is 12.4 Å². The van der Waals surface area contributed by atoms with Crippen LogP contribution in [0.4, 0.5) is 0 Å². The Labute approximate surface area is 121 Å². The number of hydrogen-bond acceptors (Lipinski definition) is 4. The summed E-state index contributed by atoms with van der Waals surface area (Å²) in [5, 5.41) is 18.3. The summed E-state index contributed by atoms with van der Waals surface area (Å²) in [5.74, 6) is 6.38. The van der Waals surface area contributed by atoms with Gasteiger partial charge in [0.25, 0.3) is 0 Å². The van der Waals surface area contributed by atoms with Gasteiger partial charge in [-0.15, -0.1) is 0 Å². The Hall–Kier alpha value is -1.54. The van der Waals surface area contributed by atoms with Gasteiger partial charge in [0, 0.05) is 17.6 Å². The molecule has 0 fully saturated rings. The number of likely N-dealkylation sites (N-methyl/N-ethyl adjacent to an activating group) is 1. The molecule has 0 spiro atoms. The van der Waals surface area contributed by atoms with Gasteiger partial charge >= 0.3 is 0 Å². The van der Waals surface area contributed by atoms with Crippen molar-refractivity contribution in [3.8, 4) is 17.6 Å². The zero-order valence-electron chi connectivity index (χ0n) is 12.6. The van der Waals surface area contributed by atoms with Crippen LogP contribution in [0.25, 0.3) is 0 Å². The third-order valence-corrected chi connectivity index (χ3v) is 3.44. The number of nitrogens with zero attached hydrogens (tertiary/aromatic N) is 1. The average Bonchev–Trinajstić information content (AvgIpc) is 2.45. The van der Waals surface area contributed by atoms with E-state index in [1.807, 2.05) is 39.1 Å². The second-order valence-corrected chi connectivity index (χ2v) is 5.31. The van der Waals surface area contributed by atoms with E-state index >= 15 is 0 Å². The van der Waals surface area contributed by atoms with Crippen molar-refractivity contribution in [2.24, 2.45) is 0 Å². The molecule has 0 aliphatic rings. The molecule has 0 aromatic heterocycles. The Morgan fingerprint density at radius 2 is 2.00 bits per heavy atom. The highest BCUT2D eigenvalue weighted by Crippen LogP contribution is 2.21. The van der Waals surface area contributed by atoms with Crippen LogP contribution in [-0.4, -0.2) is 48.0 Å². The molecule has 0 aliphatic carbocycles. The molecule has 4 nitrogen and oxygen atoms in total. The monoisotopic (exact) mass is 277 g/mol. The molecule has 0 aliphatic heterocycles. The number of rotatable bonds is 5. The van der Waals surface area contributed by atoms with Crippen molar-refractivity contribution >= 4 is 0 Å². The van der Waals surface area contributed by atoms with E-state index < -0.39 is 0 Å². The van der Waals surface area contributed by atoms with Gasteiger partial charge in [-0.1, -0.05) is 11.8 Å². The van der Waals surface area contributed by atoms with Crippen molar-refractivity contribution < 1.29 is 14.9 Å². The van der Waals surface area contributed by atoms with E-state index in [0.29, 0.717) is 6.54 Å². The van der Waals surface area contributed by atoms with Crippen molar-refractivity contribution in [2.45, 2.75) is 25.9 Å². The van der Waals surface area contributed by atoms with Gasteiger partial charge in [0.15, 0.2) is 0 Å². The molecule has 0 saturated heterocycles. The van der Waals surface area contributed by atoms with Crippen LogP contribution < -0.4 is 4.74 Å². The highest BCUT2D eigenvalue weighted by atomic mass is 16.5. The zero-order valence-corrected chi connectivity index (χ0v) is 12.6. The molecule has 110 valence electrons. The van der Waals surface area contributed by atoms with Crippen LogP contribution >= 0.6 is 0 Å². The van der Waals surface area contributed by atoms with E-state index in [4.69, 9.17) is 9.84 Å². The van der Waals surface area contributed by atoms with Gasteiger partial charge in [-0.3, -0.25) is 4.90 Å². The molecule has 20 heavy (non-hydrogen) atoms.